The molecule has 1 aromatic carbocycles. The lowest BCUT2D eigenvalue weighted by atomic mass is 10.2. The summed E-state index contributed by atoms with van der Waals surface area (Å²) < 4.78 is 66.4. The quantitative estimate of drug-likeness (QED) is 0.894. The number of aliphatic hydroxyl groups is 1. The van der Waals surface area contributed by atoms with E-state index in [4.69, 9.17) is 0 Å². The summed E-state index contributed by atoms with van der Waals surface area (Å²) in [6, 6.07) is 3.87. The molecule has 0 fully saturated rings. The molecule has 0 amide bonds. The molecule has 0 radical (unpaired) electrons. The number of halogens is 3. The Morgan fingerprint density at radius 3 is 2.42 bits per heavy atom. The van der Waals surface area contributed by atoms with Crippen molar-refractivity contribution in [3.05, 3.63) is 29.8 Å². The summed E-state index contributed by atoms with van der Waals surface area (Å²) in [6.45, 7) is -0.270. The monoisotopic (exact) mass is 298 g/mol. The molecule has 0 spiro atoms. The molecule has 0 aliphatic carbocycles. The van der Waals surface area contributed by atoms with Crippen molar-refractivity contribution in [3.8, 4) is 0 Å². The van der Waals surface area contributed by atoms with E-state index in [1.165, 1.54) is 13.2 Å². The van der Waals surface area contributed by atoms with Gasteiger partial charge in [0.05, 0.1) is 28.9 Å². The highest BCUT2D eigenvalue weighted by atomic mass is 32.2. The highest BCUT2D eigenvalue weighted by molar-refractivity contribution is 7.91. The second-order valence-electron chi connectivity index (χ2n) is 3.88. The lowest BCUT2D eigenvalue weighted by Crippen LogP contribution is -2.26. The molecule has 4 nitrogen and oxygen atoms in total. The van der Waals surface area contributed by atoms with E-state index in [2.05, 4.69) is 4.74 Å². The first-order valence-electron chi connectivity index (χ1n) is 5.24. The summed E-state index contributed by atoms with van der Waals surface area (Å²) in [7, 11) is -3.00. The van der Waals surface area contributed by atoms with E-state index in [9.17, 15) is 26.7 Å². The van der Waals surface area contributed by atoms with Crippen molar-refractivity contribution in [3.63, 3.8) is 0 Å². The normalized spacial score (nSPS) is 14.4. The van der Waals surface area contributed by atoms with Crippen LogP contribution in [0.4, 0.5) is 13.2 Å². The minimum atomic E-state index is -4.77. The summed E-state index contributed by atoms with van der Waals surface area (Å²) in [5.74, 6) is -0.825. The highest BCUT2D eigenvalue weighted by Crippen LogP contribution is 2.34. The van der Waals surface area contributed by atoms with Gasteiger partial charge in [-0.3, -0.25) is 0 Å². The van der Waals surface area contributed by atoms with Crippen LogP contribution in [0.5, 0.6) is 0 Å². The molecule has 1 N–H and O–H groups in total. The van der Waals surface area contributed by atoms with Crippen LogP contribution in [0.15, 0.2) is 29.2 Å². The minimum Gasteiger partial charge on any atom is -0.390 e. The number of benzene rings is 1. The number of sulfone groups is 1. The molecule has 1 rings (SSSR count). The van der Waals surface area contributed by atoms with E-state index >= 15 is 0 Å². The lowest BCUT2D eigenvalue weighted by molar-refractivity contribution is -0.139. The van der Waals surface area contributed by atoms with E-state index < -0.39 is 38.3 Å². The molecule has 0 heterocycles. The fourth-order valence-corrected chi connectivity index (χ4v) is 3.14. The molecule has 108 valence electrons. The van der Waals surface area contributed by atoms with Crippen molar-refractivity contribution in [2.24, 2.45) is 0 Å². The summed E-state index contributed by atoms with van der Waals surface area (Å²) >= 11 is 0. The zero-order valence-electron chi connectivity index (χ0n) is 10.0. The van der Waals surface area contributed by atoms with Crippen molar-refractivity contribution in [1.82, 2.24) is 0 Å². The fourth-order valence-electron chi connectivity index (χ4n) is 1.56. The average molecular weight is 298 g/mol. The maximum absolute atomic E-state index is 12.7. The van der Waals surface area contributed by atoms with Gasteiger partial charge < -0.3 is 9.84 Å². The number of hydrogen-bond donors (Lipinski definition) is 1. The van der Waals surface area contributed by atoms with Crippen molar-refractivity contribution < 1.29 is 31.4 Å². The van der Waals surface area contributed by atoms with E-state index in [0.29, 0.717) is 6.07 Å². The predicted octanol–water partition coefficient (Wildman–Crippen LogP) is 1.49. The molecule has 0 saturated heterocycles. The maximum atomic E-state index is 12.7. The molecule has 0 aliphatic heterocycles. The Bertz CT molecular complexity index is 525. The topological polar surface area (TPSA) is 63.6 Å². The third-order valence-corrected chi connectivity index (χ3v) is 4.15. The van der Waals surface area contributed by atoms with Crippen LogP contribution < -0.4 is 0 Å². The van der Waals surface area contributed by atoms with Gasteiger partial charge in [-0.05, 0) is 12.1 Å². The van der Waals surface area contributed by atoms with Crippen LogP contribution in [0.3, 0.4) is 0 Å². The van der Waals surface area contributed by atoms with Gasteiger partial charge in [0.2, 0.25) is 0 Å². The standard InChI is InChI=1S/C11H13F3O4S/c1-18-6-8(15)7-19(16,17)10-5-3-2-4-9(10)11(12,13)14/h2-5,8,15H,6-7H2,1H3. The molecular weight excluding hydrogens is 285 g/mol. The summed E-state index contributed by atoms with van der Waals surface area (Å²) in [5, 5.41) is 9.35. The average Bonchev–Trinajstić information content (AvgIpc) is 2.27. The Morgan fingerprint density at radius 2 is 1.89 bits per heavy atom. The van der Waals surface area contributed by atoms with E-state index in [1.54, 1.807) is 0 Å². The van der Waals surface area contributed by atoms with Gasteiger partial charge in [0.15, 0.2) is 9.84 Å². The van der Waals surface area contributed by atoms with Crippen molar-refractivity contribution >= 4 is 9.84 Å². The molecule has 1 unspecified atom stereocenters. The summed E-state index contributed by atoms with van der Waals surface area (Å²) in [4.78, 5) is -0.836. The zero-order valence-corrected chi connectivity index (χ0v) is 10.8. The molecule has 8 heteroatoms. The maximum Gasteiger partial charge on any atom is 0.417 e. The minimum absolute atomic E-state index is 0.270. The third-order valence-electron chi connectivity index (χ3n) is 2.30. The molecule has 1 atom stereocenters. The summed E-state index contributed by atoms with van der Waals surface area (Å²) in [5.41, 5.74) is -1.24. The van der Waals surface area contributed by atoms with Gasteiger partial charge in [-0.15, -0.1) is 0 Å². The van der Waals surface area contributed by atoms with Gasteiger partial charge in [0, 0.05) is 7.11 Å². The predicted molar refractivity (Wildman–Crippen MR) is 61.4 cm³/mol. The van der Waals surface area contributed by atoms with Gasteiger partial charge in [-0.25, -0.2) is 8.42 Å². The lowest BCUT2D eigenvalue weighted by Gasteiger charge is -2.15. The number of ether oxygens (including phenoxy) is 1. The second-order valence-corrected chi connectivity index (χ2v) is 5.89. The Labute approximate surface area is 108 Å². The van der Waals surface area contributed by atoms with Crippen LogP contribution in [0.2, 0.25) is 0 Å². The van der Waals surface area contributed by atoms with Gasteiger partial charge in [-0.1, -0.05) is 12.1 Å². The van der Waals surface area contributed by atoms with E-state index in [0.717, 1.165) is 12.1 Å². The first-order chi connectivity index (χ1) is 8.68. The number of alkyl halides is 3. The highest BCUT2D eigenvalue weighted by Gasteiger charge is 2.37. The van der Waals surface area contributed by atoms with Crippen LogP contribution in [-0.4, -0.2) is 39.1 Å². The van der Waals surface area contributed by atoms with Crippen LogP contribution in [0, 0.1) is 0 Å². The molecule has 19 heavy (non-hydrogen) atoms. The van der Waals surface area contributed by atoms with Crippen LogP contribution >= 0.6 is 0 Å². The van der Waals surface area contributed by atoms with Crippen LogP contribution in [0.1, 0.15) is 5.56 Å². The Balaban J connectivity index is 3.16. The number of hydrogen-bond acceptors (Lipinski definition) is 4. The van der Waals surface area contributed by atoms with E-state index in [1.807, 2.05) is 0 Å². The SMILES string of the molecule is COCC(O)CS(=O)(=O)c1ccccc1C(F)(F)F. The fraction of sp³-hybridized carbons (Fsp3) is 0.455. The Kier molecular flexibility index (Phi) is 4.94. The van der Waals surface area contributed by atoms with Crippen molar-refractivity contribution in [1.29, 1.82) is 0 Å². The Morgan fingerprint density at radius 1 is 1.32 bits per heavy atom. The van der Waals surface area contributed by atoms with Gasteiger partial charge in [-0.2, -0.15) is 13.2 Å². The number of aliphatic hydroxyl groups excluding tert-OH is 1. The first-order valence-corrected chi connectivity index (χ1v) is 6.89. The molecule has 0 bridgehead atoms. The zero-order chi connectivity index (χ0) is 14.7. The first kappa shape index (κ1) is 15.9. The number of methoxy groups -OCH3 is 1. The van der Waals surface area contributed by atoms with Gasteiger partial charge in [0.1, 0.15) is 0 Å². The second kappa shape index (κ2) is 5.89. The molecule has 1 aromatic rings. The molecule has 0 saturated carbocycles. The summed E-state index contributed by atoms with van der Waals surface area (Å²) in [6.07, 6.45) is -6.15. The van der Waals surface area contributed by atoms with Crippen molar-refractivity contribution in [2.45, 2.75) is 17.2 Å². The van der Waals surface area contributed by atoms with Crippen LogP contribution in [-0.2, 0) is 20.8 Å². The van der Waals surface area contributed by atoms with Gasteiger partial charge >= 0.3 is 6.18 Å². The smallest absolute Gasteiger partial charge is 0.390 e. The van der Waals surface area contributed by atoms with E-state index in [-0.39, 0.29) is 6.61 Å². The molecule has 0 aliphatic rings. The van der Waals surface area contributed by atoms with Crippen LogP contribution in [0.25, 0.3) is 0 Å². The molecule has 0 aromatic heterocycles. The Hall–Kier alpha value is -1.12. The largest absolute Gasteiger partial charge is 0.417 e. The molecular formula is C11H13F3O4S. The van der Waals surface area contributed by atoms with Gasteiger partial charge in [0.25, 0.3) is 0 Å². The third kappa shape index (κ3) is 4.19. The van der Waals surface area contributed by atoms with Crippen molar-refractivity contribution in [2.75, 3.05) is 19.5 Å². The number of rotatable bonds is 5.